The van der Waals surface area contributed by atoms with Crippen LogP contribution in [0, 0.1) is 0 Å². The summed E-state index contributed by atoms with van der Waals surface area (Å²) in [7, 11) is 1.69. The Morgan fingerprint density at radius 3 is 2.49 bits per heavy atom. The van der Waals surface area contributed by atoms with E-state index in [0.29, 0.717) is 12.5 Å². The van der Waals surface area contributed by atoms with Crippen molar-refractivity contribution in [2.45, 2.75) is 39.7 Å². The van der Waals surface area contributed by atoms with Crippen molar-refractivity contribution in [3.63, 3.8) is 0 Å². The minimum atomic E-state index is -0.209. The first-order valence-electron chi connectivity index (χ1n) is 12.4. The van der Waals surface area contributed by atoms with Crippen molar-refractivity contribution in [2.75, 3.05) is 51.3 Å². The van der Waals surface area contributed by atoms with Crippen molar-refractivity contribution in [1.82, 2.24) is 9.47 Å². The molecule has 0 spiro atoms. The summed E-state index contributed by atoms with van der Waals surface area (Å²) in [4.78, 5) is 17.2. The SMILES string of the molecule is CCOC(=O)Cn1cc(CCN2CCN(c3ccccc3C(C)C)CC2)c2cc(OC)ccc21.Cl. The number of methoxy groups -OCH3 is 1. The van der Waals surface area contributed by atoms with Crippen LogP contribution in [0.1, 0.15) is 37.8 Å². The first-order valence-corrected chi connectivity index (χ1v) is 12.4. The van der Waals surface area contributed by atoms with Gasteiger partial charge in [-0.2, -0.15) is 0 Å². The minimum Gasteiger partial charge on any atom is -0.497 e. The highest BCUT2D eigenvalue weighted by Gasteiger charge is 2.20. The molecule has 0 radical (unpaired) electrons. The average Bonchev–Trinajstić information content (AvgIpc) is 3.19. The lowest BCUT2D eigenvalue weighted by Crippen LogP contribution is -2.47. The summed E-state index contributed by atoms with van der Waals surface area (Å²) in [5.41, 5.74) is 5.09. The summed E-state index contributed by atoms with van der Waals surface area (Å²) in [6.07, 6.45) is 3.04. The molecule has 1 aromatic heterocycles. The lowest BCUT2D eigenvalue weighted by molar-refractivity contribution is -0.143. The van der Waals surface area contributed by atoms with Gasteiger partial charge in [0.1, 0.15) is 12.3 Å². The molecule has 2 aromatic carbocycles. The molecule has 190 valence electrons. The molecule has 1 aliphatic heterocycles. The molecule has 0 bridgehead atoms. The maximum Gasteiger partial charge on any atom is 0.325 e. The van der Waals surface area contributed by atoms with Crippen LogP contribution in [0.4, 0.5) is 5.69 Å². The highest BCUT2D eigenvalue weighted by Crippen LogP contribution is 2.29. The quantitative estimate of drug-likeness (QED) is 0.382. The second-order valence-electron chi connectivity index (χ2n) is 9.26. The Hall–Kier alpha value is -2.70. The Kier molecular flexibility index (Phi) is 9.47. The van der Waals surface area contributed by atoms with E-state index in [1.165, 1.54) is 16.8 Å². The van der Waals surface area contributed by atoms with Crippen LogP contribution in [0.2, 0.25) is 0 Å². The molecule has 0 saturated carbocycles. The van der Waals surface area contributed by atoms with Gasteiger partial charge in [-0.05, 0) is 54.7 Å². The Morgan fingerprint density at radius 1 is 1.06 bits per heavy atom. The number of rotatable bonds is 9. The third-order valence-electron chi connectivity index (χ3n) is 6.74. The van der Waals surface area contributed by atoms with Crippen molar-refractivity contribution >= 4 is 35.0 Å². The predicted octanol–water partition coefficient (Wildman–Crippen LogP) is 5.12. The van der Waals surface area contributed by atoms with Gasteiger partial charge in [-0.1, -0.05) is 32.0 Å². The fourth-order valence-electron chi connectivity index (χ4n) is 4.91. The smallest absolute Gasteiger partial charge is 0.325 e. The summed E-state index contributed by atoms with van der Waals surface area (Å²) in [6, 6.07) is 14.9. The van der Waals surface area contributed by atoms with Gasteiger partial charge >= 0.3 is 5.97 Å². The maximum absolute atomic E-state index is 12.1. The molecule has 1 saturated heterocycles. The van der Waals surface area contributed by atoms with Crippen LogP contribution in [0.3, 0.4) is 0 Å². The largest absolute Gasteiger partial charge is 0.497 e. The molecular weight excluding hydrogens is 462 g/mol. The first kappa shape index (κ1) is 26.9. The van der Waals surface area contributed by atoms with E-state index in [-0.39, 0.29) is 24.9 Å². The fraction of sp³-hybridized carbons (Fsp3) is 0.464. The van der Waals surface area contributed by atoms with Crippen molar-refractivity contribution in [2.24, 2.45) is 0 Å². The monoisotopic (exact) mass is 499 g/mol. The molecule has 1 fully saturated rings. The van der Waals surface area contributed by atoms with Crippen LogP contribution in [0.15, 0.2) is 48.7 Å². The van der Waals surface area contributed by atoms with Crippen molar-refractivity contribution in [1.29, 1.82) is 0 Å². The van der Waals surface area contributed by atoms with Crippen LogP contribution in [0.5, 0.6) is 5.75 Å². The third kappa shape index (κ3) is 6.30. The number of carbonyl (C=O) groups is 1. The summed E-state index contributed by atoms with van der Waals surface area (Å²) in [5, 5.41) is 1.15. The summed E-state index contributed by atoms with van der Waals surface area (Å²) in [6.45, 7) is 12.2. The Morgan fingerprint density at radius 2 is 1.80 bits per heavy atom. The van der Waals surface area contributed by atoms with E-state index >= 15 is 0 Å². The number of para-hydroxylation sites is 1. The Bertz CT molecular complexity index is 1120. The summed E-state index contributed by atoms with van der Waals surface area (Å²) < 4.78 is 12.6. The zero-order chi connectivity index (χ0) is 24.1. The second-order valence-corrected chi connectivity index (χ2v) is 9.26. The zero-order valence-electron chi connectivity index (χ0n) is 21.3. The number of piperazine rings is 1. The van der Waals surface area contributed by atoms with Crippen LogP contribution >= 0.6 is 12.4 Å². The zero-order valence-corrected chi connectivity index (χ0v) is 22.1. The van der Waals surface area contributed by atoms with E-state index in [1.54, 1.807) is 7.11 Å². The molecule has 0 unspecified atom stereocenters. The van der Waals surface area contributed by atoms with Gasteiger partial charge in [-0.25, -0.2) is 0 Å². The number of ether oxygens (including phenoxy) is 2. The molecular formula is C28H38ClN3O3. The van der Waals surface area contributed by atoms with Gasteiger partial charge in [0.05, 0.1) is 13.7 Å². The number of anilines is 1. The third-order valence-corrected chi connectivity index (χ3v) is 6.74. The van der Waals surface area contributed by atoms with E-state index in [9.17, 15) is 4.79 Å². The van der Waals surface area contributed by atoms with Crippen molar-refractivity contribution in [3.8, 4) is 5.75 Å². The fourth-order valence-corrected chi connectivity index (χ4v) is 4.91. The van der Waals surface area contributed by atoms with Crippen LogP contribution in [-0.4, -0.2) is 61.9 Å². The number of nitrogens with zero attached hydrogens (tertiary/aromatic N) is 3. The molecule has 7 heteroatoms. The molecule has 4 rings (SSSR count). The number of fused-ring (bicyclic) bond motifs is 1. The second kappa shape index (κ2) is 12.3. The van der Waals surface area contributed by atoms with Crippen LogP contribution in [-0.2, 0) is 22.5 Å². The summed E-state index contributed by atoms with van der Waals surface area (Å²) in [5.74, 6) is 1.15. The van der Waals surface area contributed by atoms with E-state index in [4.69, 9.17) is 9.47 Å². The highest BCUT2D eigenvalue weighted by atomic mass is 35.5. The molecule has 0 N–H and O–H groups in total. The normalized spacial score (nSPS) is 14.3. The lowest BCUT2D eigenvalue weighted by Gasteiger charge is -2.37. The molecule has 0 aliphatic carbocycles. The number of hydrogen-bond donors (Lipinski definition) is 0. The Labute approximate surface area is 215 Å². The number of aromatic nitrogens is 1. The molecule has 1 aliphatic rings. The number of halogens is 1. The van der Waals surface area contributed by atoms with Gasteiger partial charge in [0.25, 0.3) is 0 Å². The number of benzene rings is 2. The molecule has 0 amide bonds. The van der Waals surface area contributed by atoms with Gasteiger partial charge < -0.3 is 18.9 Å². The Balaban J connectivity index is 0.00000342. The van der Waals surface area contributed by atoms with E-state index in [1.807, 2.05) is 23.6 Å². The number of esters is 1. The maximum atomic E-state index is 12.1. The van der Waals surface area contributed by atoms with Crippen molar-refractivity contribution < 1.29 is 14.3 Å². The van der Waals surface area contributed by atoms with Crippen LogP contribution < -0.4 is 9.64 Å². The van der Waals surface area contributed by atoms with E-state index in [0.717, 1.165) is 55.8 Å². The number of carbonyl (C=O) groups excluding carboxylic acids is 1. The molecule has 3 aromatic rings. The first-order chi connectivity index (χ1) is 16.5. The van der Waals surface area contributed by atoms with Gasteiger partial charge in [0.15, 0.2) is 0 Å². The van der Waals surface area contributed by atoms with E-state index in [2.05, 4.69) is 60.2 Å². The topological polar surface area (TPSA) is 46.9 Å². The predicted molar refractivity (Wildman–Crippen MR) is 145 cm³/mol. The minimum absolute atomic E-state index is 0. The lowest BCUT2D eigenvalue weighted by atomic mass is 10.00. The van der Waals surface area contributed by atoms with Gasteiger partial charge in [0, 0.05) is 55.5 Å². The van der Waals surface area contributed by atoms with Gasteiger partial charge in [0.2, 0.25) is 0 Å². The summed E-state index contributed by atoms with van der Waals surface area (Å²) >= 11 is 0. The molecule has 35 heavy (non-hydrogen) atoms. The molecule has 6 nitrogen and oxygen atoms in total. The standard InChI is InChI=1S/C28H37N3O3.ClH/c1-5-34-28(32)20-31-19-22(25-18-23(33-4)10-11-27(25)31)12-13-29-14-16-30(17-15-29)26-9-7-6-8-24(26)21(2)3;/h6-11,18-19,21H,5,12-17,20H2,1-4H3;1H. The van der Waals surface area contributed by atoms with Gasteiger partial charge in [-0.15, -0.1) is 12.4 Å². The average molecular weight is 500 g/mol. The van der Waals surface area contributed by atoms with Crippen molar-refractivity contribution in [3.05, 3.63) is 59.8 Å². The highest BCUT2D eigenvalue weighted by molar-refractivity contribution is 5.87. The number of hydrogen-bond acceptors (Lipinski definition) is 5. The molecule has 0 atom stereocenters. The molecule has 2 heterocycles. The van der Waals surface area contributed by atoms with Gasteiger partial charge in [-0.3, -0.25) is 9.69 Å². The van der Waals surface area contributed by atoms with Crippen LogP contribution in [0.25, 0.3) is 10.9 Å². The van der Waals surface area contributed by atoms with E-state index < -0.39 is 0 Å².